The highest BCUT2D eigenvalue weighted by atomic mass is 16.2. The van der Waals surface area contributed by atoms with Gasteiger partial charge in [-0.1, -0.05) is 24.3 Å². The number of pyridine rings is 1. The number of carbonyl (C=O) groups is 2. The molecule has 160 valence electrons. The molecule has 0 unspecified atom stereocenters. The fraction of sp³-hybridized carbons (Fsp3) is 0.435. The summed E-state index contributed by atoms with van der Waals surface area (Å²) in [6.45, 7) is 7.76. The molecule has 0 radical (unpaired) electrons. The molecule has 1 aromatic heterocycles. The Balaban J connectivity index is 1.40. The van der Waals surface area contributed by atoms with Crippen LogP contribution in [0.5, 0.6) is 0 Å². The Morgan fingerprint density at radius 3 is 2.37 bits per heavy atom. The van der Waals surface area contributed by atoms with Crippen molar-refractivity contribution < 1.29 is 9.59 Å². The first-order valence-corrected chi connectivity index (χ1v) is 10.4. The molecule has 1 N–H and O–H groups in total. The average molecular weight is 410 g/mol. The van der Waals surface area contributed by atoms with Crippen molar-refractivity contribution in [2.75, 3.05) is 56.5 Å². The van der Waals surface area contributed by atoms with Crippen LogP contribution in [0.25, 0.3) is 0 Å². The first kappa shape index (κ1) is 21.8. The predicted molar refractivity (Wildman–Crippen MR) is 120 cm³/mol. The third-order valence-corrected chi connectivity index (χ3v) is 5.47. The summed E-state index contributed by atoms with van der Waals surface area (Å²) in [4.78, 5) is 35.3. The van der Waals surface area contributed by atoms with Crippen LogP contribution < -0.4 is 10.2 Å². The maximum absolute atomic E-state index is 12.6. The van der Waals surface area contributed by atoms with Crippen LogP contribution in [0, 0.1) is 13.8 Å². The lowest BCUT2D eigenvalue weighted by atomic mass is 10.1. The molecule has 30 heavy (non-hydrogen) atoms. The van der Waals surface area contributed by atoms with Crippen molar-refractivity contribution in [1.82, 2.24) is 14.8 Å². The molecule has 0 aliphatic carbocycles. The number of likely N-dealkylation sites (N-methyl/N-ethyl adjacent to an activating group) is 1. The minimum Gasteiger partial charge on any atom is -0.353 e. The molecule has 1 aliphatic rings. The Hall–Kier alpha value is -2.93. The number of nitrogens with one attached hydrogen (secondary N) is 1. The molecule has 2 heterocycles. The number of carbonyl (C=O) groups excluding carboxylic acids is 2. The second kappa shape index (κ2) is 10.2. The number of piperazine rings is 1. The number of hydrogen-bond donors (Lipinski definition) is 1. The Morgan fingerprint density at radius 1 is 1.03 bits per heavy atom. The van der Waals surface area contributed by atoms with Gasteiger partial charge in [-0.3, -0.25) is 14.5 Å². The molecule has 0 bridgehead atoms. The van der Waals surface area contributed by atoms with Crippen LogP contribution >= 0.6 is 0 Å². The largest absolute Gasteiger partial charge is 0.353 e. The zero-order valence-electron chi connectivity index (χ0n) is 18.1. The van der Waals surface area contributed by atoms with Crippen LogP contribution in [0.4, 0.5) is 11.5 Å². The SMILES string of the molecule is Cc1cccc(C)c1NC(=O)CN(C)CCC(=O)N1CCN(c2ccccn2)CC1. The Morgan fingerprint density at radius 2 is 1.73 bits per heavy atom. The molecule has 7 nitrogen and oxygen atoms in total. The maximum atomic E-state index is 12.6. The van der Waals surface area contributed by atoms with Crippen molar-refractivity contribution in [2.24, 2.45) is 0 Å². The van der Waals surface area contributed by atoms with E-state index in [0.29, 0.717) is 26.1 Å². The van der Waals surface area contributed by atoms with Gasteiger partial charge in [-0.15, -0.1) is 0 Å². The van der Waals surface area contributed by atoms with Crippen molar-refractivity contribution in [3.05, 3.63) is 53.7 Å². The molecule has 0 atom stereocenters. The van der Waals surface area contributed by atoms with Gasteiger partial charge in [0.15, 0.2) is 0 Å². The van der Waals surface area contributed by atoms with E-state index in [0.717, 1.165) is 35.7 Å². The molecule has 7 heteroatoms. The first-order valence-electron chi connectivity index (χ1n) is 10.4. The second-order valence-corrected chi connectivity index (χ2v) is 7.86. The van der Waals surface area contributed by atoms with E-state index in [9.17, 15) is 9.59 Å². The van der Waals surface area contributed by atoms with Gasteiger partial charge in [0.2, 0.25) is 11.8 Å². The van der Waals surface area contributed by atoms with Gasteiger partial charge in [0.1, 0.15) is 5.82 Å². The number of hydrogen-bond acceptors (Lipinski definition) is 5. The third kappa shape index (κ3) is 5.79. The summed E-state index contributed by atoms with van der Waals surface area (Å²) in [6.07, 6.45) is 2.20. The van der Waals surface area contributed by atoms with Gasteiger partial charge in [-0.05, 0) is 44.2 Å². The standard InChI is InChI=1S/C23H31N5O2/c1-18-7-6-8-19(2)23(18)25-21(29)17-26(3)12-10-22(30)28-15-13-27(14-16-28)20-9-4-5-11-24-20/h4-9,11H,10,12-17H2,1-3H3,(H,25,29). The van der Waals surface area contributed by atoms with Gasteiger partial charge in [0.05, 0.1) is 6.54 Å². The summed E-state index contributed by atoms with van der Waals surface area (Å²) >= 11 is 0. The fourth-order valence-corrected chi connectivity index (χ4v) is 3.69. The summed E-state index contributed by atoms with van der Waals surface area (Å²) in [6, 6.07) is 11.8. The van der Waals surface area contributed by atoms with E-state index < -0.39 is 0 Å². The van der Waals surface area contributed by atoms with Crippen molar-refractivity contribution >= 4 is 23.3 Å². The monoisotopic (exact) mass is 409 g/mol. The Kier molecular flexibility index (Phi) is 7.41. The van der Waals surface area contributed by atoms with Gasteiger partial charge in [0, 0.05) is 51.0 Å². The molecular formula is C23H31N5O2. The smallest absolute Gasteiger partial charge is 0.238 e. The summed E-state index contributed by atoms with van der Waals surface area (Å²) in [5.41, 5.74) is 2.97. The van der Waals surface area contributed by atoms with E-state index in [2.05, 4.69) is 15.2 Å². The highest BCUT2D eigenvalue weighted by Crippen LogP contribution is 2.19. The van der Waals surface area contributed by atoms with Crippen LogP contribution in [0.3, 0.4) is 0 Å². The number of anilines is 2. The molecule has 1 aliphatic heterocycles. The molecular weight excluding hydrogens is 378 g/mol. The molecule has 1 fully saturated rings. The van der Waals surface area contributed by atoms with Crippen LogP contribution in [-0.2, 0) is 9.59 Å². The zero-order valence-corrected chi connectivity index (χ0v) is 18.1. The summed E-state index contributed by atoms with van der Waals surface area (Å²) in [7, 11) is 1.87. The van der Waals surface area contributed by atoms with E-state index in [4.69, 9.17) is 0 Å². The number of para-hydroxylation sites is 1. The van der Waals surface area contributed by atoms with E-state index in [1.54, 1.807) is 6.20 Å². The van der Waals surface area contributed by atoms with Gasteiger partial charge in [0.25, 0.3) is 0 Å². The average Bonchev–Trinajstić information content (AvgIpc) is 2.75. The number of aryl methyl sites for hydroxylation is 2. The van der Waals surface area contributed by atoms with E-state index in [1.165, 1.54) is 0 Å². The van der Waals surface area contributed by atoms with Crippen molar-refractivity contribution in [3.63, 3.8) is 0 Å². The first-order chi connectivity index (χ1) is 14.4. The lowest BCUT2D eigenvalue weighted by Crippen LogP contribution is -2.49. The third-order valence-electron chi connectivity index (χ3n) is 5.47. The molecule has 1 saturated heterocycles. The van der Waals surface area contributed by atoms with Crippen LogP contribution in [0.1, 0.15) is 17.5 Å². The Bertz CT molecular complexity index is 843. The molecule has 0 saturated carbocycles. The molecule has 3 rings (SSSR count). The lowest BCUT2D eigenvalue weighted by Gasteiger charge is -2.35. The van der Waals surface area contributed by atoms with Gasteiger partial charge in [-0.2, -0.15) is 0 Å². The van der Waals surface area contributed by atoms with Crippen molar-refractivity contribution in [3.8, 4) is 0 Å². The summed E-state index contributed by atoms with van der Waals surface area (Å²) in [5.74, 6) is 1.03. The number of amides is 2. The van der Waals surface area contributed by atoms with Crippen molar-refractivity contribution in [1.29, 1.82) is 0 Å². The molecule has 2 amide bonds. The number of nitrogens with zero attached hydrogens (tertiary/aromatic N) is 4. The van der Waals surface area contributed by atoms with Gasteiger partial charge >= 0.3 is 0 Å². The minimum atomic E-state index is -0.0636. The minimum absolute atomic E-state index is 0.0636. The number of rotatable bonds is 7. The normalized spacial score (nSPS) is 14.1. The topological polar surface area (TPSA) is 68.8 Å². The van der Waals surface area contributed by atoms with Gasteiger partial charge in [-0.25, -0.2) is 4.98 Å². The lowest BCUT2D eigenvalue weighted by molar-refractivity contribution is -0.132. The molecule has 2 aromatic rings. The number of aromatic nitrogens is 1. The van der Waals surface area contributed by atoms with E-state index in [-0.39, 0.29) is 18.4 Å². The molecule has 1 aromatic carbocycles. The maximum Gasteiger partial charge on any atom is 0.238 e. The second-order valence-electron chi connectivity index (χ2n) is 7.86. The van der Waals surface area contributed by atoms with Crippen LogP contribution in [0.15, 0.2) is 42.6 Å². The van der Waals surface area contributed by atoms with Crippen LogP contribution in [0.2, 0.25) is 0 Å². The van der Waals surface area contributed by atoms with E-state index in [1.807, 2.05) is 67.1 Å². The van der Waals surface area contributed by atoms with Crippen molar-refractivity contribution in [2.45, 2.75) is 20.3 Å². The number of benzene rings is 1. The summed E-state index contributed by atoms with van der Waals surface area (Å²) < 4.78 is 0. The Labute approximate surface area is 178 Å². The quantitative estimate of drug-likeness (QED) is 0.760. The molecule has 0 spiro atoms. The van der Waals surface area contributed by atoms with Crippen LogP contribution in [-0.4, -0.2) is 72.9 Å². The zero-order chi connectivity index (χ0) is 21.5. The fourth-order valence-electron chi connectivity index (χ4n) is 3.69. The predicted octanol–water partition coefficient (Wildman–Crippen LogP) is 2.31. The summed E-state index contributed by atoms with van der Waals surface area (Å²) in [5, 5.41) is 2.99. The highest BCUT2D eigenvalue weighted by molar-refractivity contribution is 5.93. The van der Waals surface area contributed by atoms with E-state index >= 15 is 0 Å². The van der Waals surface area contributed by atoms with Gasteiger partial charge < -0.3 is 15.1 Å². The highest BCUT2D eigenvalue weighted by Gasteiger charge is 2.22.